The van der Waals surface area contributed by atoms with Crippen LogP contribution in [-0.2, 0) is 4.79 Å². The van der Waals surface area contributed by atoms with Gasteiger partial charge in [0.1, 0.15) is 11.6 Å². The molecule has 0 aliphatic rings. The maximum Gasteiger partial charge on any atom is 0.387 e. The lowest BCUT2D eigenvalue weighted by molar-refractivity contribution is -0.137. The van der Waals surface area contributed by atoms with Crippen LogP contribution >= 0.6 is 0 Å². The summed E-state index contributed by atoms with van der Waals surface area (Å²) < 4.78 is 41.7. The van der Waals surface area contributed by atoms with Gasteiger partial charge in [-0.05, 0) is 12.1 Å². The SMILES string of the molecule is CN(CCC(=O)O)C(=O)Nc1cc(F)ccc1OC(F)F. The standard InChI is InChI=1S/C12H13F3N2O4/c1-17(5-4-10(18)19)12(20)16-8-6-7(13)2-3-9(8)21-11(14)15/h2-3,6,11H,4-5H2,1H3,(H,16,20)(H,18,19). The first kappa shape index (κ1) is 16.6. The van der Waals surface area contributed by atoms with Crippen molar-refractivity contribution in [2.24, 2.45) is 0 Å². The van der Waals surface area contributed by atoms with Crippen LogP contribution in [0.15, 0.2) is 18.2 Å². The predicted octanol–water partition coefficient (Wildman–Crippen LogP) is 2.37. The van der Waals surface area contributed by atoms with Crippen molar-refractivity contribution in [2.75, 3.05) is 18.9 Å². The summed E-state index contributed by atoms with van der Waals surface area (Å²) in [6.45, 7) is -3.22. The molecule has 0 atom stereocenters. The summed E-state index contributed by atoms with van der Waals surface area (Å²) in [5.74, 6) is -2.24. The van der Waals surface area contributed by atoms with Gasteiger partial charge in [-0.2, -0.15) is 8.78 Å². The number of carbonyl (C=O) groups is 2. The molecule has 0 saturated carbocycles. The number of urea groups is 1. The Labute approximate surface area is 118 Å². The number of halogens is 3. The maximum absolute atomic E-state index is 13.1. The molecule has 0 bridgehead atoms. The van der Waals surface area contributed by atoms with Crippen LogP contribution in [0.4, 0.5) is 23.7 Å². The first-order valence-corrected chi connectivity index (χ1v) is 5.78. The summed E-state index contributed by atoms with van der Waals surface area (Å²) >= 11 is 0. The number of nitrogens with one attached hydrogen (secondary N) is 1. The van der Waals surface area contributed by atoms with Crippen LogP contribution in [0.1, 0.15) is 6.42 Å². The molecule has 1 aromatic carbocycles. The van der Waals surface area contributed by atoms with Crippen molar-refractivity contribution >= 4 is 17.7 Å². The number of benzene rings is 1. The van der Waals surface area contributed by atoms with Gasteiger partial charge in [0.25, 0.3) is 0 Å². The monoisotopic (exact) mass is 306 g/mol. The normalized spacial score (nSPS) is 10.3. The van der Waals surface area contributed by atoms with Crippen molar-refractivity contribution in [1.82, 2.24) is 4.90 Å². The van der Waals surface area contributed by atoms with Crippen LogP contribution in [-0.4, -0.2) is 42.2 Å². The summed E-state index contributed by atoms with van der Waals surface area (Å²) in [6, 6.07) is 1.90. The van der Waals surface area contributed by atoms with Crippen molar-refractivity contribution in [2.45, 2.75) is 13.0 Å². The van der Waals surface area contributed by atoms with Crippen LogP contribution in [0.2, 0.25) is 0 Å². The molecule has 0 aromatic heterocycles. The summed E-state index contributed by atoms with van der Waals surface area (Å²) in [7, 11) is 1.31. The van der Waals surface area contributed by atoms with E-state index in [9.17, 15) is 22.8 Å². The minimum Gasteiger partial charge on any atom is -0.481 e. The number of hydrogen-bond donors (Lipinski definition) is 2. The van der Waals surface area contributed by atoms with Gasteiger partial charge in [0.2, 0.25) is 0 Å². The van der Waals surface area contributed by atoms with Gasteiger partial charge in [0.15, 0.2) is 0 Å². The minimum atomic E-state index is -3.13. The van der Waals surface area contributed by atoms with Gasteiger partial charge in [-0.1, -0.05) is 0 Å². The third-order valence-electron chi connectivity index (χ3n) is 2.41. The number of aliphatic carboxylic acids is 1. The minimum absolute atomic E-state index is 0.0957. The number of carboxylic acid groups (broad SMARTS) is 1. The average Bonchev–Trinajstić information content (AvgIpc) is 2.38. The van der Waals surface area contributed by atoms with Crippen molar-refractivity contribution in [3.63, 3.8) is 0 Å². The van der Waals surface area contributed by atoms with E-state index in [2.05, 4.69) is 10.1 Å². The lowest BCUT2D eigenvalue weighted by Gasteiger charge is -2.18. The lowest BCUT2D eigenvalue weighted by Crippen LogP contribution is -2.33. The van der Waals surface area contributed by atoms with Gasteiger partial charge in [0.05, 0.1) is 12.1 Å². The molecule has 0 heterocycles. The van der Waals surface area contributed by atoms with Crippen molar-refractivity contribution in [1.29, 1.82) is 0 Å². The molecule has 2 amide bonds. The summed E-state index contributed by atoms with van der Waals surface area (Å²) in [6.07, 6.45) is -0.284. The predicted molar refractivity (Wildman–Crippen MR) is 66.9 cm³/mol. The fraction of sp³-hybridized carbons (Fsp3) is 0.333. The molecular weight excluding hydrogens is 293 g/mol. The number of anilines is 1. The molecule has 0 saturated heterocycles. The second-order valence-corrected chi connectivity index (χ2v) is 4.01. The number of amides is 2. The third kappa shape index (κ3) is 5.59. The molecule has 21 heavy (non-hydrogen) atoms. The van der Waals surface area contributed by atoms with Gasteiger partial charge in [-0.3, -0.25) is 4.79 Å². The zero-order valence-corrected chi connectivity index (χ0v) is 11.0. The van der Waals surface area contributed by atoms with E-state index in [1.54, 1.807) is 0 Å². The summed E-state index contributed by atoms with van der Waals surface area (Å²) in [5.41, 5.74) is -0.275. The molecule has 0 fully saturated rings. The van der Waals surface area contributed by atoms with E-state index in [0.29, 0.717) is 0 Å². The first-order chi connectivity index (χ1) is 9.79. The number of carbonyl (C=O) groups excluding carboxylic acids is 1. The van der Waals surface area contributed by atoms with Crippen LogP contribution < -0.4 is 10.1 Å². The van der Waals surface area contributed by atoms with Crippen molar-refractivity contribution < 1.29 is 32.6 Å². The number of hydrogen-bond acceptors (Lipinski definition) is 3. The Hall–Kier alpha value is -2.45. The Bertz CT molecular complexity index is 525. The van der Waals surface area contributed by atoms with Gasteiger partial charge in [0, 0.05) is 19.7 Å². The zero-order valence-electron chi connectivity index (χ0n) is 11.0. The molecule has 1 rings (SSSR count). The Balaban J connectivity index is 2.78. The molecule has 116 valence electrons. The molecule has 2 N–H and O–H groups in total. The van der Waals surface area contributed by atoms with E-state index in [0.717, 1.165) is 23.1 Å². The fourth-order valence-electron chi connectivity index (χ4n) is 1.37. The molecule has 0 aliphatic carbocycles. The number of rotatable bonds is 6. The number of nitrogens with zero attached hydrogens (tertiary/aromatic N) is 1. The average molecular weight is 306 g/mol. The number of carboxylic acids is 1. The Kier molecular flexibility index (Phi) is 5.82. The van der Waals surface area contributed by atoms with Crippen LogP contribution in [0, 0.1) is 5.82 Å². The fourth-order valence-corrected chi connectivity index (χ4v) is 1.37. The number of alkyl halides is 2. The van der Waals surface area contributed by atoms with Crippen LogP contribution in [0.25, 0.3) is 0 Å². The third-order valence-corrected chi connectivity index (χ3v) is 2.41. The van der Waals surface area contributed by atoms with Gasteiger partial charge in [-0.15, -0.1) is 0 Å². The van der Waals surface area contributed by atoms with Crippen LogP contribution in [0.5, 0.6) is 5.75 Å². The van der Waals surface area contributed by atoms with Gasteiger partial charge >= 0.3 is 18.6 Å². The van der Waals surface area contributed by atoms with Crippen molar-refractivity contribution in [3.05, 3.63) is 24.0 Å². The topological polar surface area (TPSA) is 78.9 Å². The number of ether oxygens (including phenoxy) is 1. The zero-order chi connectivity index (χ0) is 16.0. The second-order valence-electron chi connectivity index (χ2n) is 4.01. The highest BCUT2D eigenvalue weighted by Gasteiger charge is 2.16. The van der Waals surface area contributed by atoms with E-state index >= 15 is 0 Å². The quantitative estimate of drug-likeness (QED) is 0.845. The Morgan fingerprint density at radius 2 is 2.10 bits per heavy atom. The molecule has 6 nitrogen and oxygen atoms in total. The van der Waals surface area contributed by atoms with Gasteiger partial charge in [-0.25, -0.2) is 9.18 Å². The van der Waals surface area contributed by atoms with E-state index in [1.807, 2.05) is 0 Å². The second kappa shape index (κ2) is 7.36. The largest absolute Gasteiger partial charge is 0.481 e. The molecule has 9 heteroatoms. The molecule has 0 spiro atoms. The van der Waals surface area contributed by atoms with Crippen molar-refractivity contribution in [3.8, 4) is 5.75 Å². The summed E-state index contributed by atoms with van der Waals surface area (Å²) in [5, 5.41) is 10.7. The molecule has 1 aromatic rings. The molecule has 0 unspecified atom stereocenters. The smallest absolute Gasteiger partial charge is 0.387 e. The molecule has 0 aliphatic heterocycles. The Morgan fingerprint density at radius 1 is 1.43 bits per heavy atom. The highest BCUT2D eigenvalue weighted by Crippen LogP contribution is 2.27. The first-order valence-electron chi connectivity index (χ1n) is 5.78. The van der Waals surface area contributed by atoms with E-state index in [4.69, 9.17) is 5.11 Å². The Morgan fingerprint density at radius 3 is 2.67 bits per heavy atom. The van der Waals surface area contributed by atoms with Gasteiger partial charge < -0.3 is 20.1 Å². The maximum atomic E-state index is 13.1. The molecule has 0 radical (unpaired) electrons. The highest BCUT2D eigenvalue weighted by molar-refractivity contribution is 5.91. The highest BCUT2D eigenvalue weighted by atomic mass is 19.3. The van der Waals surface area contributed by atoms with E-state index in [1.165, 1.54) is 7.05 Å². The lowest BCUT2D eigenvalue weighted by atomic mass is 10.3. The van der Waals surface area contributed by atoms with E-state index < -0.39 is 30.2 Å². The molecular formula is C12H13F3N2O4. The summed E-state index contributed by atoms with van der Waals surface area (Å²) in [4.78, 5) is 23.1. The van der Waals surface area contributed by atoms with Crippen LogP contribution in [0.3, 0.4) is 0 Å². The van der Waals surface area contributed by atoms with E-state index in [-0.39, 0.29) is 18.7 Å².